The van der Waals surface area contributed by atoms with Crippen LogP contribution in [0.25, 0.3) is 0 Å². The Bertz CT molecular complexity index is 193. The molecule has 0 fully saturated rings. The number of nitrogens with two attached hydrogens (primary N) is 1. The molecular formula is C6H7NO3. The van der Waals surface area contributed by atoms with Gasteiger partial charge in [0.2, 0.25) is 0 Å². The molecular weight excluding hydrogens is 134 g/mol. The Morgan fingerprint density at radius 2 is 2.10 bits per heavy atom. The van der Waals surface area contributed by atoms with E-state index in [1.54, 1.807) is 0 Å². The third kappa shape index (κ3) is 2.66. The molecule has 0 aromatic carbocycles. The molecule has 54 valence electrons. The van der Waals surface area contributed by atoms with Crippen LogP contribution in [0, 0.1) is 0 Å². The van der Waals surface area contributed by atoms with Crippen molar-refractivity contribution < 1.29 is 14.7 Å². The van der Waals surface area contributed by atoms with Crippen LogP contribution < -0.4 is 5.73 Å². The van der Waals surface area contributed by atoms with Crippen LogP contribution in [-0.2, 0) is 9.59 Å². The van der Waals surface area contributed by atoms with E-state index in [1.807, 2.05) is 0 Å². The molecule has 4 heteroatoms. The molecule has 10 heavy (non-hydrogen) atoms. The summed E-state index contributed by atoms with van der Waals surface area (Å²) in [6.45, 7) is 0. The molecule has 0 rings (SSSR count). The van der Waals surface area contributed by atoms with E-state index in [4.69, 9.17) is 10.8 Å². The second kappa shape index (κ2) is 4.31. The van der Waals surface area contributed by atoms with Gasteiger partial charge in [-0.15, -0.1) is 0 Å². The highest BCUT2D eigenvalue weighted by Gasteiger charge is 2.01. The van der Waals surface area contributed by atoms with Crippen molar-refractivity contribution in [2.45, 2.75) is 0 Å². The van der Waals surface area contributed by atoms with Crippen LogP contribution >= 0.6 is 0 Å². The summed E-state index contributed by atoms with van der Waals surface area (Å²) in [5, 5.41) is 8.23. The number of aliphatic carboxylic acids is 1. The molecule has 0 aromatic heterocycles. The van der Waals surface area contributed by atoms with E-state index in [2.05, 4.69) is 0 Å². The molecule has 4 nitrogen and oxygen atoms in total. The van der Waals surface area contributed by atoms with Crippen molar-refractivity contribution in [3.05, 3.63) is 23.9 Å². The number of hydrogen-bond donors (Lipinski definition) is 2. The minimum atomic E-state index is -1.26. The monoisotopic (exact) mass is 141 g/mol. The summed E-state index contributed by atoms with van der Waals surface area (Å²) in [5.41, 5.74) is 4.58. The van der Waals surface area contributed by atoms with Crippen molar-refractivity contribution in [1.82, 2.24) is 0 Å². The van der Waals surface area contributed by atoms with Crippen LogP contribution in [0.1, 0.15) is 0 Å². The summed E-state index contributed by atoms with van der Waals surface area (Å²) in [6.07, 6.45) is 3.79. The zero-order chi connectivity index (χ0) is 7.98. The minimum absolute atomic E-state index is 0.252. The topological polar surface area (TPSA) is 80.4 Å². The van der Waals surface area contributed by atoms with E-state index in [0.717, 1.165) is 12.3 Å². The number of allylic oxidation sites excluding steroid dienone is 2. The first kappa shape index (κ1) is 8.42. The van der Waals surface area contributed by atoms with Gasteiger partial charge in [-0.1, -0.05) is 0 Å². The fraction of sp³-hybridized carbons (Fsp3) is 0. The first-order chi connectivity index (χ1) is 4.72. The SMILES string of the molecule is N/C=C\C=C(/C=O)C(=O)O. The molecule has 0 heterocycles. The highest BCUT2D eigenvalue weighted by Crippen LogP contribution is 1.88. The van der Waals surface area contributed by atoms with Gasteiger partial charge in [-0.25, -0.2) is 4.79 Å². The summed E-state index contributed by atoms with van der Waals surface area (Å²) in [5.74, 6) is -1.26. The highest BCUT2D eigenvalue weighted by atomic mass is 16.4. The summed E-state index contributed by atoms with van der Waals surface area (Å²) in [4.78, 5) is 20.0. The molecule has 0 aromatic rings. The van der Waals surface area contributed by atoms with Gasteiger partial charge in [-0.05, 0) is 18.4 Å². The Morgan fingerprint density at radius 3 is 2.40 bits per heavy atom. The van der Waals surface area contributed by atoms with Gasteiger partial charge in [0.15, 0.2) is 6.29 Å². The molecule has 0 aliphatic heterocycles. The molecule has 0 aliphatic carbocycles. The van der Waals surface area contributed by atoms with E-state index in [-0.39, 0.29) is 11.9 Å². The number of hydrogen-bond acceptors (Lipinski definition) is 3. The predicted octanol–water partition coefficient (Wildman–Crippen LogP) is -0.331. The average molecular weight is 141 g/mol. The second-order valence-corrected chi connectivity index (χ2v) is 1.43. The molecule has 0 aliphatic rings. The Hall–Kier alpha value is -1.58. The lowest BCUT2D eigenvalue weighted by Gasteiger charge is -1.84. The number of carboxylic acid groups (broad SMARTS) is 1. The first-order valence-corrected chi connectivity index (χ1v) is 2.49. The molecule has 0 amide bonds. The quantitative estimate of drug-likeness (QED) is 0.185. The van der Waals surface area contributed by atoms with Crippen LogP contribution in [0.4, 0.5) is 0 Å². The minimum Gasteiger partial charge on any atom is -0.478 e. The zero-order valence-corrected chi connectivity index (χ0v) is 5.15. The van der Waals surface area contributed by atoms with Crippen molar-refractivity contribution in [3.63, 3.8) is 0 Å². The van der Waals surface area contributed by atoms with Gasteiger partial charge >= 0.3 is 5.97 Å². The summed E-state index contributed by atoms with van der Waals surface area (Å²) >= 11 is 0. The third-order valence-electron chi connectivity index (χ3n) is 0.761. The van der Waals surface area contributed by atoms with Crippen LogP contribution in [0.2, 0.25) is 0 Å². The lowest BCUT2D eigenvalue weighted by Crippen LogP contribution is -2.00. The van der Waals surface area contributed by atoms with E-state index in [9.17, 15) is 9.59 Å². The van der Waals surface area contributed by atoms with Gasteiger partial charge in [0.05, 0.1) is 5.57 Å². The molecule has 0 bridgehead atoms. The van der Waals surface area contributed by atoms with E-state index >= 15 is 0 Å². The van der Waals surface area contributed by atoms with Crippen molar-refractivity contribution in [3.8, 4) is 0 Å². The van der Waals surface area contributed by atoms with Crippen molar-refractivity contribution >= 4 is 12.3 Å². The fourth-order valence-corrected chi connectivity index (χ4v) is 0.320. The fourth-order valence-electron chi connectivity index (χ4n) is 0.320. The molecule has 0 atom stereocenters. The van der Waals surface area contributed by atoms with Crippen LogP contribution in [0.3, 0.4) is 0 Å². The molecule has 0 spiro atoms. The van der Waals surface area contributed by atoms with Gasteiger partial charge in [-0.3, -0.25) is 4.79 Å². The van der Waals surface area contributed by atoms with Gasteiger partial charge in [-0.2, -0.15) is 0 Å². The average Bonchev–Trinajstić information content (AvgIpc) is 1.89. The van der Waals surface area contributed by atoms with Crippen molar-refractivity contribution in [2.75, 3.05) is 0 Å². The number of rotatable bonds is 3. The lowest BCUT2D eigenvalue weighted by molar-refractivity contribution is -0.133. The summed E-state index contributed by atoms with van der Waals surface area (Å²) in [7, 11) is 0. The smallest absolute Gasteiger partial charge is 0.339 e. The molecule has 0 saturated heterocycles. The maximum Gasteiger partial charge on any atom is 0.339 e. The van der Waals surface area contributed by atoms with E-state index in [1.165, 1.54) is 6.08 Å². The maximum atomic E-state index is 10.1. The number of carbonyl (C=O) groups is 2. The van der Waals surface area contributed by atoms with E-state index in [0.29, 0.717) is 0 Å². The Balaban J connectivity index is 4.33. The predicted molar refractivity (Wildman–Crippen MR) is 35.1 cm³/mol. The molecule has 3 N–H and O–H groups in total. The standard InChI is InChI=1S/C6H7NO3/c7-3-1-2-5(4-8)6(9)10/h1-4H,7H2,(H,9,10)/b3-1-,5-2+. The largest absolute Gasteiger partial charge is 0.478 e. The number of aldehydes is 1. The van der Waals surface area contributed by atoms with Gasteiger partial charge in [0.25, 0.3) is 0 Å². The van der Waals surface area contributed by atoms with E-state index < -0.39 is 5.97 Å². The lowest BCUT2D eigenvalue weighted by atomic mass is 10.3. The van der Waals surface area contributed by atoms with Crippen LogP contribution in [0.15, 0.2) is 23.9 Å². The van der Waals surface area contributed by atoms with Gasteiger partial charge in [0, 0.05) is 0 Å². The maximum absolute atomic E-state index is 10.1. The van der Waals surface area contributed by atoms with Gasteiger partial charge < -0.3 is 10.8 Å². The van der Waals surface area contributed by atoms with Crippen molar-refractivity contribution in [1.29, 1.82) is 0 Å². The number of carbonyl (C=O) groups excluding carboxylic acids is 1. The molecule has 0 radical (unpaired) electrons. The highest BCUT2D eigenvalue weighted by molar-refractivity contribution is 6.06. The molecule has 0 saturated carbocycles. The molecule has 0 unspecified atom stereocenters. The first-order valence-electron chi connectivity index (χ1n) is 2.49. The van der Waals surface area contributed by atoms with Crippen molar-refractivity contribution in [2.24, 2.45) is 5.73 Å². The Morgan fingerprint density at radius 1 is 1.50 bits per heavy atom. The normalized spacial score (nSPS) is 11.8. The van der Waals surface area contributed by atoms with Crippen LogP contribution in [-0.4, -0.2) is 17.4 Å². The summed E-state index contributed by atoms with van der Waals surface area (Å²) < 4.78 is 0. The third-order valence-corrected chi connectivity index (χ3v) is 0.761. The zero-order valence-electron chi connectivity index (χ0n) is 5.15. The van der Waals surface area contributed by atoms with Crippen LogP contribution in [0.5, 0.6) is 0 Å². The Labute approximate surface area is 57.6 Å². The second-order valence-electron chi connectivity index (χ2n) is 1.43. The summed E-state index contributed by atoms with van der Waals surface area (Å²) in [6, 6.07) is 0. The van der Waals surface area contributed by atoms with Gasteiger partial charge in [0.1, 0.15) is 0 Å². The Kier molecular flexibility index (Phi) is 3.63. The number of carboxylic acids is 1.